The fraction of sp³-hybridized carbons (Fsp3) is 0.167. The smallest absolute Gasteiger partial charge is 0.218 e. The molecule has 0 spiro atoms. The third kappa shape index (κ3) is 2.90. The third-order valence-corrected chi connectivity index (χ3v) is 5.50. The van der Waals surface area contributed by atoms with Crippen molar-refractivity contribution in [2.75, 3.05) is 6.54 Å². The van der Waals surface area contributed by atoms with E-state index in [0.29, 0.717) is 11.8 Å². The Morgan fingerprint density at radius 2 is 1.74 bits per heavy atom. The number of hydrogen-bond acceptors (Lipinski definition) is 2. The summed E-state index contributed by atoms with van der Waals surface area (Å²) in [6, 6.07) is 15.1. The summed E-state index contributed by atoms with van der Waals surface area (Å²) >= 11 is 6.20. The molecule has 0 aromatic heterocycles. The molecule has 0 saturated carbocycles. The van der Waals surface area contributed by atoms with Gasteiger partial charge >= 0.3 is 0 Å². The molecule has 0 N–H and O–H groups in total. The van der Waals surface area contributed by atoms with Crippen molar-refractivity contribution < 1.29 is 0 Å². The largest absolute Gasteiger partial charge is 0.251 e. The Kier molecular flexibility index (Phi) is 4.45. The van der Waals surface area contributed by atoms with Crippen LogP contribution in [-0.4, -0.2) is 17.6 Å². The number of rotatable bonds is 3. The molecule has 0 saturated heterocycles. The van der Waals surface area contributed by atoms with Gasteiger partial charge in [-0.25, -0.2) is 4.99 Å². The lowest BCUT2D eigenvalue weighted by Gasteiger charge is -2.22. The van der Waals surface area contributed by atoms with Crippen LogP contribution in [0.4, 0.5) is 0 Å². The SMILES string of the molecule is C=C/C=C\C=C1/CN=C(Cl)N=C1c1cccc2c1-c1ccccc1C2(C)C. The van der Waals surface area contributed by atoms with Crippen LogP contribution in [0.5, 0.6) is 0 Å². The van der Waals surface area contributed by atoms with Crippen LogP contribution in [0.1, 0.15) is 30.5 Å². The first-order valence-electron chi connectivity index (χ1n) is 9.05. The molecular weight excluding hydrogens is 352 g/mol. The lowest BCUT2D eigenvalue weighted by Crippen LogP contribution is -2.17. The quantitative estimate of drug-likeness (QED) is 0.462. The third-order valence-electron chi connectivity index (χ3n) is 5.30. The van der Waals surface area contributed by atoms with Gasteiger partial charge in [0.05, 0.1) is 12.3 Å². The fourth-order valence-corrected chi connectivity index (χ4v) is 4.14. The Morgan fingerprint density at radius 1 is 1.00 bits per heavy atom. The number of allylic oxidation sites excluding steroid dienone is 4. The van der Waals surface area contributed by atoms with Crippen LogP contribution in [0, 0.1) is 0 Å². The van der Waals surface area contributed by atoms with Crippen LogP contribution in [-0.2, 0) is 5.41 Å². The highest BCUT2D eigenvalue weighted by Crippen LogP contribution is 2.50. The average molecular weight is 373 g/mol. The van der Waals surface area contributed by atoms with Crippen LogP contribution in [0.3, 0.4) is 0 Å². The standard InChI is InChI=1S/C24H21ClN2/c1-4-5-6-10-16-15-26-23(25)27-22(16)18-12-9-14-20-21(18)17-11-7-8-13-19(17)24(20,2)3/h4-14H,1,15H2,2-3H3/b6-5-,16-10+. The van der Waals surface area contributed by atoms with Crippen LogP contribution in [0.15, 0.2) is 88.9 Å². The second kappa shape index (κ2) is 6.79. The van der Waals surface area contributed by atoms with E-state index in [1.807, 2.05) is 18.2 Å². The summed E-state index contributed by atoms with van der Waals surface area (Å²) in [5, 5.41) is 0.304. The second-order valence-electron chi connectivity index (χ2n) is 7.26. The molecule has 0 radical (unpaired) electrons. The number of nitrogens with zero attached hydrogens (tertiary/aromatic N) is 2. The second-order valence-corrected chi connectivity index (χ2v) is 7.59. The van der Waals surface area contributed by atoms with Gasteiger partial charge in [-0.2, -0.15) is 0 Å². The molecular formula is C24H21ClN2. The van der Waals surface area contributed by atoms with Crippen molar-refractivity contribution in [2.24, 2.45) is 9.98 Å². The predicted molar refractivity (Wildman–Crippen MR) is 116 cm³/mol. The Bertz CT molecular complexity index is 1050. The van der Waals surface area contributed by atoms with Crippen molar-refractivity contribution >= 4 is 22.6 Å². The number of hydrogen-bond donors (Lipinski definition) is 0. The van der Waals surface area contributed by atoms with E-state index in [4.69, 9.17) is 11.6 Å². The molecule has 2 nitrogen and oxygen atoms in total. The Hall–Kier alpha value is -2.71. The first kappa shape index (κ1) is 17.7. The zero-order valence-electron chi connectivity index (χ0n) is 15.5. The van der Waals surface area contributed by atoms with Crippen molar-refractivity contribution in [3.05, 3.63) is 95.6 Å². The van der Waals surface area contributed by atoms with E-state index in [-0.39, 0.29) is 5.41 Å². The van der Waals surface area contributed by atoms with Gasteiger partial charge in [-0.15, -0.1) is 0 Å². The molecule has 0 bridgehead atoms. The first-order chi connectivity index (χ1) is 13.0. The van der Waals surface area contributed by atoms with Crippen LogP contribution in [0.2, 0.25) is 0 Å². The van der Waals surface area contributed by atoms with Gasteiger partial charge in [0.15, 0.2) is 0 Å². The van der Waals surface area contributed by atoms with Gasteiger partial charge in [0.1, 0.15) is 0 Å². The van der Waals surface area contributed by atoms with E-state index in [9.17, 15) is 0 Å². The maximum absolute atomic E-state index is 6.20. The van der Waals surface area contributed by atoms with Gasteiger partial charge < -0.3 is 0 Å². The zero-order valence-corrected chi connectivity index (χ0v) is 16.3. The molecule has 2 aromatic carbocycles. The molecule has 1 aliphatic carbocycles. The van der Waals surface area contributed by atoms with Crippen molar-refractivity contribution in [1.29, 1.82) is 0 Å². The van der Waals surface area contributed by atoms with Gasteiger partial charge in [0.25, 0.3) is 0 Å². The summed E-state index contributed by atoms with van der Waals surface area (Å²) < 4.78 is 0. The summed E-state index contributed by atoms with van der Waals surface area (Å²) in [5.41, 5.74) is 8.21. The highest BCUT2D eigenvalue weighted by molar-refractivity contribution is 6.66. The molecule has 3 heteroatoms. The normalized spacial score (nSPS) is 18.9. The van der Waals surface area contributed by atoms with Gasteiger partial charge in [0.2, 0.25) is 5.29 Å². The van der Waals surface area contributed by atoms with Gasteiger partial charge in [-0.3, -0.25) is 4.99 Å². The molecule has 0 unspecified atom stereocenters. The Morgan fingerprint density at radius 3 is 2.56 bits per heavy atom. The van der Waals surface area contributed by atoms with Crippen LogP contribution in [0.25, 0.3) is 11.1 Å². The van der Waals surface area contributed by atoms with E-state index < -0.39 is 0 Å². The van der Waals surface area contributed by atoms with Crippen LogP contribution < -0.4 is 0 Å². The molecule has 1 aliphatic heterocycles. The molecule has 134 valence electrons. The summed E-state index contributed by atoms with van der Waals surface area (Å²) in [6.45, 7) is 8.81. The molecule has 0 amide bonds. The predicted octanol–water partition coefficient (Wildman–Crippen LogP) is 6.06. The van der Waals surface area contributed by atoms with Crippen molar-refractivity contribution in [1.82, 2.24) is 0 Å². The number of benzene rings is 2. The Balaban J connectivity index is 1.96. The number of halogens is 1. The molecule has 0 fully saturated rings. The monoisotopic (exact) mass is 372 g/mol. The molecule has 0 atom stereocenters. The van der Waals surface area contributed by atoms with E-state index in [1.54, 1.807) is 6.08 Å². The van der Waals surface area contributed by atoms with Gasteiger partial charge in [-0.05, 0) is 33.9 Å². The average Bonchev–Trinajstić information content (AvgIpc) is 2.91. The molecule has 1 heterocycles. The number of amidine groups is 1. The zero-order chi connectivity index (χ0) is 19.0. The first-order valence-corrected chi connectivity index (χ1v) is 9.43. The number of aliphatic imine (C=N–C) groups is 2. The maximum Gasteiger partial charge on any atom is 0.218 e. The summed E-state index contributed by atoms with van der Waals surface area (Å²) in [5.74, 6) is 0. The lowest BCUT2D eigenvalue weighted by atomic mass is 9.82. The van der Waals surface area contributed by atoms with E-state index in [1.165, 1.54) is 22.3 Å². The minimum absolute atomic E-state index is 0.0400. The summed E-state index contributed by atoms with van der Waals surface area (Å²) in [4.78, 5) is 8.91. The van der Waals surface area contributed by atoms with Gasteiger partial charge in [0, 0.05) is 16.6 Å². The molecule has 2 aliphatic rings. The minimum atomic E-state index is -0.0400. The van der Waals surface area contributed by atoms with Gasteiger partial charge in [-0.1, -0.05) is 87.2 Å². The fourth-order valence-electron chi connectivity index (χ4n) is 3.99. The minimum Gasteiger partial charge on any atom is -0.251 e. The summed E-state index contributed by atoms with van der Waals surface area (Å²) in [7, 11) is 0. The topological polar surface area (TPSA) is 24.7 Å². The highest BCUT2D eigenvalue weighted by Gasteiger charge is 2.37. The van der Waals surface area contributed by atoms with Crippen LogP contribution >= 0.6 is 11.6 Å². The maximum atomic E-state index is 6.20. The molecule has 4 rings (SSSR count). The van der Waals surface area contributed by atoms with Crippen molar-refractivity contribution in [2.45, 2.75) is 19.3 Å². The molecule has 2 aromatic rings. The lowest BCUT2D eigenvalue weighted by molar-refractivity contribution is 0.660. The Labute approximate surface area is 165 Å². The highest BCUT2D eigenvalue weighted by atomic mass is 35.5. The van der Waals surface area contributed by atoms with E-state index >= 15 is 0 Å². The van der Waals surface area contributed by atoms with E-state index in [2.05, 4.69) is 72.9 Å². The van der Waals surface area contributed by atoms with Crippen molar-refractivity contribution in [3.8, 4) is 11.1 Å². The van der Waals surface area contributed by atoms with E-state index in [0.717, 1.165) is 16.8 Å². The van der Waals surface area contributed by atoms with Crippen molar-refractivity contribution in [3.63, 3.8) is 0 Å². The number of fused-ring (bicyclic) bond motifs is 3. The summed E-state index contributed by atoms with van der Waals surface area (Å²) in [6.07, 6.45) is 7.66. The molecule has 27 heavy (non-hydrogen) atoms.